The first-order valence-corrected chi connectivity index (χ1v) is 8.48. The van der Waals surface area contributed by atoms with Gasteiger partial charge in [-0.1, -0.05) is 29.8 Å². The van der Waals surface area contributed by atoms with Crippen molar-refractivity contribution in [2.45, 2.75) is 26.4 Å². The lowest BCUT2D eigenvalue weighted by Gasteiger charge is -2.32. The van der Waals surface area contributed by atoms with Crippen molar-refractivity contribution >= 4 is 11.8 Å². The fraction of sp³-hybridized carbons (Fsp3) is 0.421. The normalized spacial score (nSPS) is 17.5. The number of ether oxygens (including phenoxy) is 1. The van der Waals surface area contributed by atoms with Crippen molar-refractivity contribution < 1.29 is 14.6 Å². The molecule has 1 aromatic carbocycles. The molecule has 1 fully saturated rings. The zero-order chi connectivity index (χ0) is 17.8. The minimum atomic E-state index is -0.741. The maximum absolute atomic E-state index is 11.3. The summed E-state index contributed by atoms with van der Waals surface area (Å²) in [6.45, 7) is 3.72. The summed E-state index contributed by atoms with van der Waals surface area (Å²) in [7, 11) is 1.63. The molecule has 1 N–H and O–H groups in total. The van der Waals surface area contributed by atoms with E-state index in [1.165, 1.54) is 5.56 Å². The molecule has 3 rings (SSSR count). The maximum atomic E-state index is 11.3. The van der Waals surface area contributed by atoms with E-state index in [-0.39, 0.29) is 5.92 Å². The van der Waals surface area contributed by atoms with Crippen molar-refractivity contribution in [3.05, 3.63) is 41.6 Å². The zero-order valence-electron chi connectivity index (χ0n) is 14.6. The highest BCUT2D eigenvalue weighted by Gasteiger charge is 2.26. The standard InChI is InChI=1S/C19H23N3O3/c1-13-5-7-14(8-6-13)18-20-16(12-25-2)10-17(21-18)22-9-3-4-15(11-22)19(23)24/h5-8,10,15H,3-4,9,11-12H2,1-2H3,(H,23,24). The topological polar surface area (TPSA) is 75.5 Å². The lowest BCUT2D eigenvalue weighted by molar-refractivity contribution is -0.141. The minimum Gasteiger partial charge on any atom is -0.481 e. The van der Waals surface area contributed by atoms with Crippen LogP contribution in [0.3, 0.4) is 0 Å². The van der Waals surface area contributed by atoms with Crippen LogP contribution in [-0.4, -0.2) is 41.2 Å². The summed E-state index contributed by atoms with van der Waals surface area (Å²) in [6.07, 6.45) is 1.56. The number of piperidine rings is 1. The van der Waals surface area contributed by atoms with Crippen LogP contribution in [0.2, 0.25) is 0 Å². The van der Waals surface area contributed by atoms with Crippen LogP contribution >= 0.6 is 0 Å². The molecule has 1 atom stereocenters. The van der Waals surface area contributed by atoms with Gasteiger partial charge in [-0.3, -0.25) is 4.79 Å². The fourth-order valence-corrected chi connectivity index (χ4v) is 3.09. The number of hydrogen-bond acceptors (Lipinski definition) is 5. The number of aliphatic carboxylic acids is 1. The third-order valence-electron chi connectivity index (χ3n) is 4.46. The Morgan fingerprint density at radius 2 is 2.08 bits per heavy atom. The molecule has 1 aliphatic heterocycles. The van der Waals surface area contributed by atoms with Crippen LogP contribution in [0.5, 0.6) is 0 Å². The Labute approximate surface area is 147 Å². The van der Waals surface area contributed by atoms with E-state index >= 15 is 0 Å². The Hall–Kier alpha value is -2.47. The van der Waals surface area contributed by atoms with E-state index in [4.69, 9.17) is 9.72 Å². The first-order chi connectivity index (χ1) is 12.1. The minimum absolute atomic E-state index is 0.350. The largest absolute Gasteiger partial charge is 0.481 e. The van der Waals surface area contributed by atoms with Crippen LogP contribution in [-0.2, 0) is 16.1 Å². The van der Waals surface area contributed by atoms with Crippen LogP contribution in [0, 0.1) is 12.8 Å². The van der Waals surface area contributed by atoms with Crippen LogP contribution in [0.1, 0.15) is 24.1 Å². The van der Waals surface area contributed by atoms with E-state index in [0.717, 1.165) is 30.0 Å². The van der Waals surface area contributed by atoms with E-state index in [1.54, 1.807) is 7.11 Å². The molecule has 1 aromatic heterocycles. The molecule has 132 valence electrons. The predicted octanol–water partition coefficient (Wildman–Crippen LogP) is 2.90. The quantitative estimate of drug-likeness (QED) is 0.901. The third kappa shape index (κ3) is 4.14. The second kappa shape index (κ2) is 7.61. The highest BCUT2D eigenvalue weighted by molar-refractivity contribution is 5.71. The molecule has 0 saturated carbocycles. The summed E-state index contributed by atoms with van der Waals surface area (Å²) in [5, 5.41) is 9.32. The van der Waals surface area contributed by atoms with Gasteiger partial charge in [0.1, 0.15) is 5.82 Å². The van der Waals surface area contributed by atoms with Gasteiger partial charge in [-0.15, -0.1) is 0 Å². The molecule has 6 heteroatoms. The molecule has 0 amide bonds. The number of methoxy groups -OCH3 is 1. The Balaban J connectivity index is 1.95. The van der Waals surface area contributed by atoms with Gasteiger partial charge in [0.05, 0.1) is 18.2 Å². The molecule has 1 unspecified atom stereocenters. The molecule has 2 aromatic rings. The molecule has 0 spiro atoms. The van der Waals surface area contributed by atoms with Gasteiger partial charge in [0.15, 0.2) is 5.82 Å². The highest BCUT2D eigenvalue weighted by Crippen LogP contribution is 2.25. The summed E-state index contributed by atoms with van der Waals surface area (Å²) in [6, 6.07) is 9.96. The number of hydrogen-bond donors (Lipinski definition) is 1. The van der Waals surface area contributed by atoms with Crippen LogP contribution in [0.25, 0.3) is 11.4 Å². The van der Waals surface area contributed by atoms with Crippen molar-refractivity contribution in [1.29, 1.82) is 0 Å². The zero-order valence-corrected chi connectivity index (χ0v) is 14.6. The number of rotatable bonds is 5. The first-order valence-electron chi connectivity index (χ1n) is 8.48. The molecule has 0 radical (unpaired) electrons. The molecule has 1 saturated heterocycles. The molecule has 0 aliphatic carbocycles. The van der Waals surface area contributed by atoms with Crippen LogP contribution in [0.15, 0.2) is 30.3 Å². The monoisotopic (exact) mass is 341 g/mol. The maximum Gasteiger partial charge on any atom is 0.308 e. The summed E-state index contributed by atoms with van der Waals surface area (Å²) >= 11 is 0. The van der Waals surface area contributed by atoms with Crippen LogP contribution < -0.4 is 4.90 Å². The summed E-state index contributed by atoms with van der Waals surface area (Å²) in [4.78, 5) is 22.7. The molecular formula is C19H23N3O3. The van der Waals surface area contributed by atoms with Gasteiger partial charge in [0, 0.05) is 31.8 Å². The average Bonchev–Trinajstić information content (AvgIpc) is 2.62. The molecule has 1 aliphatic rings. The summed E-state index contributed by atoms with van der Waals surface area (Å²) in [5.74, 6) is 0.317. The number of carbonyl (C=O) groups is 1. The first kappa shape index (κ1) is 17.4. The number of carboxylic acids is 1. The molecular weight excluding hydrogens is 318 g/mol. The van der Waals surface area contributed by atoms with Gasteiger partial charge in [0.2, 0.25) is 0 Å². The van der Waals surface area contributed by atoms with E-state index in [0.29, 0.717) is 25.4 Å². The smallest absolute Gasteiger partial charge is 0.308 e. The molecule has 0 bridgehead atoms. The Morgan fingerprint density at radius 3 is 2.76 bits per heavy atom. The van der Waals surface area contributed by atoms with Crippen molar-refractivity contribution in [1.82, 2.24) is 9.97 Å². The van der Waals surface area contributed by atoms with E-state index in [2.05, 4.69) is 4.98 Å². The second-order valence-electron chi connectivity index (χ2n) is 6.46. The van der Waals surface area contributed by atoms with E-state index < -0.39 is 5.97 Å². The van der Waals surface area contributed by atoms with Crippen molar-refractivity contribution in [3.63, 3.8) is 0 Å². The number of nitrogens with zero attached hydrogens (tertiary/aromatic N) is 3. The Bertz CT molecular complexity index is 746. The van der Waals surface area contributed by atoms with Crippen molar-refractivity contribution in [2.75, 3.05) is 25.1 Å². The van der Waals surface area contributed by atoms with Crippen LogP contribution in [0.4, 0.5) is 5.82 Å². The van der Waals surface area contributed by atoms with Gasteiger partial charge in [-0.05, 0) is 19.8 Å². The lowest BCUT2D eigenvalue weighted by atomic mass is 9.98. The third-order valence-corrected chi connectivity index (χ3v) is 4.46. The average molecular weight is 341 g/mol. The van der Waals surface area contributed by atoms with E-state index in [9.17, 15) is 9.90 Å². The fourth-order valence-electron chi connectivity index (χ4n) is 3.09. The van der Waals surface area contributed by atoms with Gasteiger partial charge >= 0.3 is 5.97 Å². The summed E-state index contributed by atoms with van der Waals surface area (Å²) in [5.41, 5.74) is 2.91. The number of anilines is 1. The predicted molar refractivity (Wildman–Crippen MR) is 95.5 cm³/mol. The lowest BCUT2D eigenvalue weighted by Crippen LogP contribution is -2.39. The number of aryl methyl sites for hydroxylation is 1. The number of carboxylic acid groups (broad SMARTS) is 1. The van der Waals surface area contributed by atoms with Gasteiger partial charge in [0.25, 0.3) is 0 Å². The molecule has 6 nitrogen and oxygen atoms in total. The second-order valence-corrected chi connectivity index (χ2v) is 6.46. The van der Waals surface area contributed by atoms with Crippen molar-refractivity contribution in [3.8, 4) is 11.4 Å². The Morgan fingerprint density at radius 1 is 1.32 bits per heavy atom. The highest BCUT2D eigenvalue weighted by atomic mass is 16.5. The Kier molecular flexibility index (Phi) is 5.28. The van der Waals surface area contributed by atoms with E-state index in [1.807, 2.05) is 42.2 Å². The number of aromatic nitrogens is 2. The van der Waals surface area contributed by atoms with Gasteiger partial charge in [-0.25, -0.2) is 9.97 Å². The van der Waals surface area contributed by atoms with Gasteiger partial charge < -0.3 is 14.7 Å². The van der Waals surface area contributed by atoms with Gasteiger partial charge in [-0.2, -0.15) is 0 Å². The summed E-state index contributed by atoms with van der Waals surface area (Å²) < 4.78 is 5.24. The number of benzene rings is 1. The molecule has 25 heavy (non-hydrogen) atoms. The molecule has 2 heterocycles. The SMILES string of the molecule is COCc1cc(N2CCCC(C(=O)O)C2)nc(-c2ccc(C)cc2)n1. The van der Waals surface area contributed by atoms with Crippen molar-refractivity contribution in [2.24, 2.45) is 5.92 Å².